The van der Waals surface area contributed by atoms with Gasteiger partial charge in [0.1, 0.15) is 5.75 Å². The molecule has 0 fully saturated rings. The fraction of sp³-hybridized carbons (Fsp3) is 0.133. The number of nitrogens with one attached hydrogen (secondary N) is 1. The minimum Gasteiger partial charge on any atom is -0.496 e. The van der Waals surface area contributed by atoms with Crippen LogP contribution in [0.3, 0.4) is 0 Å². The fourth-order valence-corrected chi connectivity index (χ4v) is 2.27. The molecule has 1 amide bonds. The predicted molar refractivity (Wildman–Crippen MR) is 84.2 cm³/mol. The Morgan fingerprint density at radius 3 is 2.60 bits per heavy atom. The van der Waals surface area contributed by atoms with Gasteiger partial charge < -0.3 is 15.8 Å². The maximum absolute atomic E-state index is 12.1. The molecule has 2 rings (SSSR count). The molecular weight excluding hydrogens is 320 g/mol. The van der Waals surface area contributed by atoms with E-state index in [1.807, 2.05) is 19.1 Å². The third kappa shape index (κ3) is 3.11. The van der Waals surface area contributed by atoms with Crippen molar-refractivity contribution in [3.05, 3.63) is 52.0 Å². The molecule has 0 saturated heterocycles. The summed E-state index contributed by atoms with van der Waals surface area (Å²) in [6, 6.07) is 10.6. The lowest BCUT2D eigenvalue weighted by Gasteiger charge is -2.09. The highest BCUT2D eigenvalue weighted by molar-refractivity contribution is 9.10. The Bertz CT molecular complexity index is 656. The van der Waals surface area contributed by atoms with E-state index in [0.29, 0.717) is 22.7 Å². The van der Waals surface area contributed by atoms with Crippen LogP contribution in [0.5, 0.6) is 5.75 Å². The van der Waals surface area contributed by atoms with Gasteiger partial charge in [0.2, 0.25) is 0 Å². The number of aryl methyl sites for hydroxylation is 1. The molecule has 0 atom stereocenters. The lowest BCUT2D eigenvalue weighted by atomic mass is 10.1. The van der Waals surface area contributed by atoms with Gasteiger partial charge >= 0.3 is 0 Å². The van der Waals surface area contributed by atoms with Crippen LogP contribution in [0.25, 0.3) is 0 Å². The van der Waals surface area contributed by atoms with Crippen LogP contribution in [0.4, 0.5) is 11.4 Å². The number of hydrogen-bond donors (Lipinski definition) is 2. The van der Waals surface area contributed by atoms with Gasteiger partial charge in [-0.3, -0.25) is 4.79 Å². The monoisotopic (exact) mass is 334 g/mol. The molecule has 3 N–H and O–H groups in total. The highest BCUT2D eigenvalue weighted by Gasteiger charge is 2.09. The molecule has 0 aliphatic carbocycles. The van der Waals surface area contributed by atoms with Crippen LogP contribution in [0, 0.1) is 6.92 Å². The van der Waals surface area contributed by atoms with E-state index < -0.39 is 0 Å². The number of anilines is 2. The molecule has 0 aromatic heterocycles. The van der Waals surface area contributed by atoms with E-state index >= 15 is 0 Å². The Kier molecular flexibility index (Phi) is 4.29. The van der Waals surface area contributed by atoms with E-state index in [-0.39, 0.29) is 5.91 Å². The first kappa shape index (κ1) is 14.4. The zero-order chi connectivity index (χ0) is 14.7. The third-order valence-corrected chi connectivity index (χ3v) is 3.57. The number of amides is 1. The second-order valence-corrected chi connectivity index (χ2v) is 5.23. The van der Waals surface area contributed by atoms with Crippen LogP contribution < -0.4 is 15.8 Å². The molecule has 0 aliphatic rings. The van der Waals surface area contributed by atoms with Crippen molar-refractivity contribution in [2.45, 2.75) is 6.92 Å². The summed E-state index contributed by atoms with van der Waals surface area (Å²) in [5.41, 5.74) is 8.67. The van der Waals surface area contributed by atoms with Gasteiger partial charge in [-0.1, -0.05) is 6.07 Å². The highest BCUT2D eigenvalue weighted by atomic mass is 79.9. The number of halogens is 1. The highest BCUT2D eigenvalue weighted by Crippen LogP contribution is 2.26. The van der Waals surface area contributed by atoms with Crippen molar-refractivity contribution in [1.29, 1.82) is 0 Å². The number of benzene rings is 2. The molecule has 20 heavy (non-hydrogen) atoms. The van der Waals surface area contributed by atoms with Gasteiger partial charge in [-0.15, -0.1) is 0 Å². The Balaban J connectivity index is 2.19. The predicted octanol–water partition coefficient (Wildman–Crippen LogP) is 3.60. The SMILES string of the molecule is COc1ccc(C(=O)Nc2ccc(C)c(N)c2)cc1Br. The summed E-state index contributed by atoms with van der Waals surface area (Å²) in [7, 11) is 1.58. The quantitative estimate of drug-likeness (QED) is 0.843. The van der Waals surface area contributed by atoms with Crippen molar-refractivity contribution in [3.8, 4) is 5.75 Å². The summed E-state index contributed by atoms with van der Waals surface area (Å²) in [6.45, 7) is 1.92. The zero-order valence-electron chi connectivity index (χ0n) is 11.2. The Labute approximate surface area is 126 Å². The van der Waals surface area contributed by atoms with Crippen molar-refractivity contribution >= 4 is 33.2 Å². The molecule has 5 heteroatoms. The largest absolute Gasteiger partial charge is 0.496 e. The number of rotatable bonds is 3. The van der Waals surface area contributed by atoms with E-state index in [9.17, 15) is 4.79 Å². The van der Waals surface area contributed by atoms with Crippen molar-refractivity contribution in [1.82, 2.24) is 0 Å². The van der Waals surface area contributed by atoms with Crippen molar-refractivity contribution in [3.63, 3.8) is 0 Å². The van der Waals surface area contributed by atoms with Gasteiger partial charge in [-0.25, -0.2) is 0 Å². The van der Waals surface area contributed by atoms with E-state index in [0.717, 1.165) is 10.0 Å². The standard InChI is InChI=1S/C15H15BrN2O2/c1-9-3-5-11(8-13(9)17)18-15(19)10-4-6-14(20-2)12(16)7-10/h3-8H,17H2,1-2H3,(H,18,19). The number of nitrogen functional groups attached to an aromatic ring is 1. The molecule has 0 spiro atoms. The van der Waals surface area contributed by atoms with E-state index in [2.05, 4.69) is 21.2 Å². The molecule has 2 aromatic rings. The maximum Gasteiger partial charge on any atom is 0.255 e. The fourth-order valence-electron chi connectivity index (χ4n) is 1.73. The van der Waals surface area contributed by atoms with Crippen LogP contribution in [0.15, 0.2) is 40.9 Å². The summed E-state index contributed by atoms with van der Waals surface area (Å²) < 4.78 is 5.86. The zero-order valence-corrected chi connectivity index (χ0v) is 12.8. The molecule has 4 nitrogen and oxygen atoms in total. The van der Waals surface area contributed by atoms with Gasteiger partial charge in [-0.05, 0) is 58.7 Å². The van der Waals surface area contributed by atoms with Gasteiger partial charge in [0.15, 0.2) is 0 Å². The first-order valence-corrected chi connectivity index (χ1v) is 6.81. The van der Waals surface area contributed by atoms with Crippen molar-refractivity contribution < 1.29 is 9.53 Å². The van der Waals surface area contributed by atoms with Gasteiger partial charge in [-0.2, -0.15) is 0 Å². The molecule has 0 aliphatic heterocycles. The number of carbonyl (C=O) groups is 1. The molecule has 0 bridgehead atoms. The normalized spacial score (nSPS) is 10.2. The third-order valence-electron chi connectivity index (χ3n) is 2.95. The van der Waals surface area contributed by atoms with Gasteiger partial charge in [0, 0.05) is 16.9 Å². The Morgan fingerprint density at radius 1 is 1.25 bits per heavy atom. The number of methoxy groups -OCH3 is 1. The van der Waals surface area contributed by atoms with Crippen LogP contribution in [-0.2, 0) is 0 Å². The summed E-state index contributed by atoms with van der Waals surface area (Å²) in [6.07, 6.45) is 0. The molecule has 2 aromatic carbocycles. The lowest BCUT2D eigenvalue weighted by molar-refractivity contribution is 0.102. The Hall–Kier alpha value is -2.01. The number of nitrogens with two attached hydrogens (primary N) is 1. The van der Waals surface area contributed by atoms with E-state index in [4.69, 9.17) is 10.5 Å². The molecule has 104 valence electrons. The molecule has 0 unspecified atom stereocenters. The number of hydrogen-bond acceptors (Lipinski definition) is 3. The second kappa shape index (κ2) is 5.96. The summed E-state index contributed by atoms with van der Waals surface area (Å²) in [5.74, 6) is 0.484. The molecule has 0 heterocycles. The number of carbonyl (C=O) groups excluding carboxylic acids is 1. The second-order valence-electron chi connectivity index (χ2n) is 4.37. The smallest absolute Gasteiger partial charge is 0.255 e. The molecule has 0 saturated carbocycles. The lowest BCUT2D eigenvalue weighted by Crippen LogP contribution is -2.12. The van der Waals surface area contributed by atoms with Crippen LogP contribution in [0.2, 0.25) is 0 Å². The number of ether oxygens (including phenoxy) is 1. The van der Waals surface area contributed by atoms with Gasteiger partial charge in [0.25, 0.3) is 5.91 Å². The maximum atomic E-state index is 12.1. The van der Waals surface area contributed by atoms with Crippen molar-refractivity contribution in [2.75, 3.05) is 18.2 Å². The van der Waals surface area contributed by atoms with E-state index in [1.165, 1.54) is 0 Å². The average Bonchev–Trinajstić information content (AvgIpc) is 2.42. The van der Waals surface area contributed by atoms with Crippen LogP contribution in [0.1, 0.15) is 15.9 Å². The first-order chi connectivity index (χ1) is 9.51. The van der Waals surface area contributed by atoms with E-state index in [1.54, 1.807) is 31.4 Å². The Morgan fingerprint density at radius 2 is 2.00 bits per heavy atom. The van der Waals surface area contributed by atoms with Crippen LogP contribution in [-0.4, -0.2) is 13.0 Å². The topological polar surface area (TPSA) is 64.3 Å². The minimum atomic E-state index is -0.198. The molecular formula is C15H15BrN2O2. The summed E-state index contributed by atoms with van der Waals surface area (Å²) >= 11 is 3.36. The summed E-state index contributed by atoms with van der Waals surface area (Å²) in [4.78, 5) is 12.1. The summed E-state index contributed by atoms with van der Waals surface area (Å²) in [5, 5.41) is 2.81. The van der Waals surface area contributed by atoms with Gasteiger partial charge in [0.05, 0.1) is 11.6 Å². The van der Waals surface area contributed by atoms with Crippen molar-refractivity contribution in [2.24, 2.45) is 0 Å². The average molecular weight is 335 g/mol. The minimum absolute atomic E-state index is 0.198. The van der Waals surface area contributed by atoms with Crippen LogP contribution >= 0.6 is 15.9 Å². The first-order valence-electron chi connectivity index (χ1n) is 6.02. The molecule has 0 radical (unpaired) electrons.